The van der Waals surface area contributed by atoms with Crippen LogP contribution in [0.5, 0.6) is 0 Å². The maximum Gasteiger partial charge on any atom is 0.322 e. The van der Waals surface area contributed by atoms with E-state index in [1.807, 2.05) is 71.0 Å². The number of hydrogen-bond acceptors (Lipinski definition) is 3. The molecule has 198 valence electrons. The van der Waals surface area contributed by atoms with Crippen molar-refractivity contribution in [3.8, 4) is 5.69 Å². The summed E-state index contributed by atoms with van der Waals surface area (Å²) < 4.78 is 1.79. The zero-order chi connectivity index (χ0) is 27.5. The van der Waals surface area contributed by atoms with E-state index in [4.69, 9.17) is 5.10 Å². The number of carbonyl (C=O) groups is 2. The molecule has 3 aromatic rings. The minimum atomic E-state index is -0.297. The number of aromatic nitrogens is 2. The number of benzene rings is 2. The van der Waals surface area contributed by atoms with E-state index in [1.54, 1.807) is 9.58 Å². The molecule has 0 aliphatic heterocycles. The van der Waals surface area contributed by atoms with E-state index in [0.717, 1.165) is 39.3 Å². The molecule has 2 N–H and O–H groups in total. The average molecular weight is 504 g/mol. The van der Waals surface area contributed by atoms with E-state index < -0.39 is 0 Å². The maximum absolute atomic E-state index is 13.3. The van der Waals surface area contributed by atoms with Crippen LogP contribution in [-0.4, -0.2) is 39.7 Å². The van der Waals surface area contributed by atoms with E-state index in [9.17, 15) is 9.59 Å². The van der Waals surface area contributed by atoms with Gasteiger partial charge in [0.05, 0.1) is 11.4 Å². The van der Waals surface area contributed by atoms with Gasteiger partial charge in [0.2, 0.25) is 5.91 Å². The lowest BCUT2D eigenvalue weighted by Gasteiger charge is -2.25. The van der Waals surface area contributed by atoms with Crippen LogP contribution in [0.15, 0.2) is 42.5 Å². The number of carbonyl (C=O) groups excluding carboxylic acids is 2. The lowest BCUT2D eigenvalue weighted by Crippen LogP contribution is -2.42. The first kappa shape index (κ1) is 28.0. The first-order chi connectivity index (χ1) is 17.2. The standard InChI is InChI=1S/C30H41N5O2/c1-19(2)17-34(29(37)31-24-12-10-20(3)14-22(24)5)18-28(36)32-27-16-26(30(7,8)9)33-35(27)25-13-11-21(4)15-23(25)6/h10-16,19H,17-18H2,1-9H3,(H,31,37)(H,32,36). The summed E-state index contributed by atoms with van der Waals surface area (Å²) in [4.78, 5) is 28.0. The van der Waals surface area contributed by atoms with E-state index in [2.05, 4.69) is 44.4 Å². The fraction of sp³-hybridized carbons (Fsp3) is 0.433. The molecule has 0 atom stereocenters. The fourth-order valence-corrected chi connectivity index (χ4v) is 4.23. The van der Waals surface area contributed by atoms with Gasteiger partial charge in [-0.1, -0.05) is 70.0 Å². The van der Waals surface area contributed by atoms with Crippen LogP contribution < -0.4 is 10.6 Å². The van der Waals surface area contributed by atoms with Gasteiger partial charge in [0.25, 0.3) is 0 Å². The molecule has 0 aliphatic carbocycles. The second-order valence-electron chi connectivity index (χ2n) is 11.4. The molecule has 0 unspecified atom stereocenters. The zero-order valence-electron chi connectivity index (χ0n) is 23.7. The largest absolute Gasteiger partial charge is 0.322 e. The van der Waals surface area contributed by atoms with Crippen LogP contribution in [0.2, 0.25) is 0 Å². The molecule has 0 fully saturated rings. The number of aryl methyl sites for hydroxylation is 4. The molecule has 37 heavy (non-hydrogen) atoms. The molecular weight excluding hydrogens is 462 g/mol. The summed E-state index contributed by atoms with van der Waals surface area (Å²) in [6, 6.07) is 13.7. The number of urea groups is 1. The van der Waals surface area contributed by atoms with Crippen LogP contribution >= 0.6 is 0 Å². The zero-order valence-corrected chi connectivity index (χ0v) is 23.7. The van der Waals surface area contributed by atoms with Crippen molar-refractivity contribution < 1.29 is 9.59 Å². The van der Waals surface area contributed by atoms with Crippen LogP contribution in [0.4, 0.5) is 16.3 Å². The Hall–Kier alpha value is -3.61. The third kappa shape index (κ3) is 7.21. The molecule has 1 aromatic heterocycles. The van der Waals surface area contributed by atoms with Gasteiger partial charge in [-0.25, -0.2) is 9.48 Å². The van der Waals surface area contributed by atoms with Crippen molar-refractivity contribution in [2.45, 2.75) is 67.7 Å². The molecule has 0 saturated carbocycles. The summed E-state index contributed by atoms with van der Waals surface area (Å²) >= 11 is 0. The Balaban J connectivity index is 1.86. The SMILES string of the molecule is Cc1ccc(NC(=O)N(CC(=O)Nc2cc(C(C)(C)C)nn2-c2ccc(C)cc2C)CC(C)C)c(C)c1. The van der Waals surface area contributed by atoms with Gasteiger partial charge in [-0.15, -0.1) is 0 Å². The van der Waals surface area contributed by atoms with Gasteiger partial charge in [0, 0.05) is 23.7 Å². The number of anilines is 2. The minimum Gasteiger partial charge on any atom is -0.315 e. The normalized spacial score (nSPS) is 11.5. The van der Waals surface area contributed by atoms with Gasteiger partial charge in [-0.05, 0) is 56.9 Å². The Bertz CT molecular complexity index is 1280. The number of hydrogen-bond donors (Lipinski definition) is 2. The van der Waals surface area contributed by atoms with E-state index in [1.165, 1.54) is 0 Å². The molecule has 3 rings (SSSR count). The van der Waals surface area contributed by atoms with Crippen LogP contribution in [-0.2, 0) is 10.2 Å². The van der Waals surface area contributed by atoms with Crippen molar-refractivity contribution in [1.82, 2.24) is 14.7 Å². The quantitative estimate of drug-likeness (QED) is 0.385. The fourth-order valence-electron chi connectivity index (χ4n) is 4.23. The molecule has 1 heterocycles. The van der Waals surface area contributed by atoms with Crippen LogP contribution in [0.1, 0.15) is 62.6 Å². The summed E-state index contributed by atoms with van der Waals surface area (Å²) in [6.07, 6.45) is 0. The first-order valence-corrected chi connectivity index (χ1v) is 12.9. The topological polar surface area (TPSA) is 79.3 Å². The molecule has 0 bridgehead atoms. The summed E-state index contributed by atoms with van der Waals surface area (Å²) in [5.41, 5.74) is 6.66. The third-order valence-corrected chi connectivity index (χ3v) is 6.16. The molecule has 7 nitrogen and oxygen atoms in total. The highest BCUT2D eigenvalue weighted by atomic mass is 16.2. The van der Waals surface area contributed by atoms with Crippen molar-refractivity contribution in [1.29, 1.82) is 0 Å². The van der Waals surface area contributed by atoms with E-state index in [0.29, 0.717) is 12.4 Å². The summed E-state index contributed by atoms with van der Waals surface area (Å²) in [5.74, 6) is 0.509. The van der Waals surface area contributed by atoms with Gasteiger partial charge in [-0.3, -0.25) is 4.79 Å². The molecule has 0 saturated heterocycles. The Morgan fingerprint density at radius 3 is 2.11 bits per heavy atom. The summed E-state index contributed by atoms with van der Waals surface area (Å²) in [6.45, 7) is 18.8. The van der Waals surface area contributed by atoms with Gasteiger partial charge in [-0.2, -0.15) is 5.10 Å². The molecular formula is C30H41N5O2. The average Bonchev–Trinajstić information content (AvgIpc) is 3.18. The minimum absolute atomic E-state index is 0.0716. The number of amides is 3. The highest BCUT2D eigenvalue weighted by Crippen LogP contribution is 2.28. The van der Waals surface area contributed by atoms with Crippen molar-refractivity contribution >= 4 is 23.4 Å². The van der Waals surface area contributed by atoms with Crippen molar-refractivity contribution in [2.24, 2.45) is 5.92 Å². The Labute approximate surface area is 221 Å². The smallest absolute Gasteiger partial charge is 0.315 e. The van der Waals surface area contributed by atoms with E-state index in [-0.39, 0.29) is 29.8 Å². The predicted molar refractivity (Wildman–Crippen MR) is 152 cm³/mol. The molecule has 3 amide bonds. The van der Waals surface area contributed by atoms with Gasteiger partial charge in [0.15, 0.2) is 0 Å². The van der Waals surface area contributed by atoms with Crippen LogP contribution in [0.3, 0.4) is 0 Å². The molecule has 0 radical (unpaired) electrons. The number of nitrogens with zero attached hydrogens (tertiary/aromatic N) is 3. The summed E-state index contributed by atoms with van der Waals surface area (Å²) in [5, 5.41) is 10.8. The number of nitrogens with one attached hydrogen (secondary N) is 2. The number of rotatable bonds is 7. The van der Waals surface area contributed by atoms with Crippen molar-refractivity contribution in [3.05, 3.63) is 70.4 Å². The van der Waals surface area contributed by atoms with Crippen molar-refractivity contribution in [3.63, 3.8) is 0 Å². The van der Waals surface area contributed by atoms with E-state index >= 15 is 0 Å². The predicted octanol–water partition coefficient (Wildman–Crippen LogP) is 6.53. The third-order valence-electron chi connectivity index (χ3n) is 6.16. The van der Waals surface area contributed by atoms with Crippen molar-refractivity contribution in [2.75, 3.05) is 23.7 Å². The summed E-state index contributed by atoms with van der Waals surface area (Å²) in [7, 11) is 0. The highest BCUT2D eigenvalue weighted by molar-refractivity contribution is 5.97. The Morgan fingerprint density at radius 1 is 0.919 bits per heavy atom. The Morgan fingerprint density at radius 2 is 1.54 bits per heavy atom. The van der Waals surface area contributed by atoms with Gasteiger partial charge < -0.3 is 15.5 Å². The molecule has 2 aromatic carbocycles. The second kappa shape index (κ2) is 11.2. The first-order valence-electron chi connectivity index (χ1n) is 12.9. The highest BCUT2D eigenvalue weighted by Gasteiger charge is 2.24. The Kier molecular flexibility index (Phi) is 8.46. The van der Waals surface area contributed by atoms with Crippen LogP contribution in [0, 0.1) is 33.6 Å². The monoisotopic (exact) mass is 503 g/mol. The van der Waals surface area contributed by atoms with Crippen LogP contribution in [0.25, 0.3) is 5.69 Å². The second-order valence-corrected chi connectivity index (χ2v) is 11.4. The lowest BCUT2D eigenvalue weighted by molar-refractivity contribution is -0.116. The van der Waals surface area contributed by atoms with Gasteiger partial charge >= 0.3 is 6.03 Å². The molecule has 7 heteroatoms. The van der Waals surface area contributed by atoms with Gasteiger partial charge in [0.1, 0.15) is 12.4 Å². The lowest BCUT2D eigenvalue weighted by atomic mass is 9.92. The molecule has 0 aliphatic rings. The molecule has 0 spiro atoms. The maximum atomic E-state index is 13.3.